The minimum absolute atomic E-state index is 0.0143. The molecule has 0 fully saturated rings. The van der Waals surface area contributed by atoms with E-state index < -0.39 is 11.8 Å². The van der Waals surface area contributed by atoms with Gasteiger partial charge in [-0.2, -0.15) is 5.10 Å². The van der Waals surface area contributed by atoms with Crippen LogP contribution in [0.1, 0.15) is 21.5 Å². The van der Waals surface area contributed by atoms with E-state index >= 15 is 0 Å². The number of anilines is 1. The Morgan fingerprint density at radius 1 is 0.879 bits per heavy atom. The largest absolute Gasteiger partial charge is 0.378 e. The highest BCUT2D eigenvalue weighted by molar-refractivity contribution is 6.05. The van der Waals surface area contributed by atoms with Crippen molar-refractivity contribution in [2.45, 2.75) is 0 Å². The van der Waals surface area contributed by atoms with Crippen LogP contribution in [0.25, 0.3) is 6.08 Å². The van der Waals surface area contributed by atoms with E-state index in [2.05, 4.69) is 21.0 Å². The second kappa shape index (κ2) is 11.1. The molecule has 0 saturated heterocycles. The molecule has 2 N–H and O–H groups in total. The summed E-state index contributed by atoms with van der Waals surface area (Å²) >= 11 is 0. The lowest BCUT2D eigenvalue weighted by molar-refractivity contribution is -0.117. The third kappa shape index (κ3) is 6.44. The van der Waals surface area contributed by atoms with E-state index in [0.717, 1.165) is 11.3 Å². The first kappa shape index (κ1) is 23.1. The van der Waals surface area contributed by atoms with Gasteiger partial charge in [-0.1, -0.05) is 48.5 Å². The Balaban J connectivity index is 1.83. The summed E-state index contributed by atoms with van der Waals surface area (Å²) in [4.78, 5) is 38.3. The smallest absolute Gasteiger partial charge is 0.287 e. The molecule has 3 aromatic carbocycles. The average Bonchev–Trinajstić information content (AvgIpc) is 2.84. The average molecular weight is 441 g/mol. The molecule has 0 aliphatic carbocycles. The molecule has 0 saturated carbocycles. The Morgan fingerprint density at radius 2 is 1.55 bits per heavy atom. The van der Waals surface area contributed by atoms with Gasteiger partial charge in [0.2, 0.25) is 0 Å². The molecule has 0 atom stereocenters. The SMILES string of the molecule is CN(C)c1ccc(/C=C(\NC(=O)c2ccccc2)C(=O)N/N=C/c2ccccc2N=O)cc1. The molecule has 0 spiro atoms. The number of carbonyl (C=O) groups excluding carboxylic acids is 2. The predicted octanol–water partition coefficient (Wildman–Crippen LogP) is 4.07. The fourth-order valence-corrected chi connectivity index (χ4v) is 2.88. The van der Waals surface area contributed by atoms with Gasteiger partial charge >= 0.3 is 0 Å². The molecule has 0 aliphatic heterocycles. The fourth-order valence-electron chi connectivity index (χ4n) is 2.88. The Bertz CT molecular complexity index is 1190. The lowest BCUT2D eigenvalue weighted by Crippen LogP contribution is -2.32. The summed E-state index contributed by atoms with van der Waals surface area (Å²) in [6.07, 6.45) is 2.88. The maximum Gasteiger partial charge on any atom is 0.287 e. The third-order valence-electron chi connectivity index (χ3n) is 4.65. The summed E-state index contributed by atoms with van der Waals surface area (Å²) in [6.45, 7) is 0. The van der Waals surface area contributed by atoms with Gasteiger partial charge in [0, 0.05) is 30.9 Å². The molecular weight excluding hydrogens is 418 g/mol. The standard InChI is InChI=1S/C25H23N5O3/c1-30(2)21-14-12-18(13-15-21)16-23(27-24(31)19-8-4-3-5-9-19)25(32)28-26-17-20-10-6-7-11-22(20)29-33/h3-17H,1-2H3,(H,27,31)(H,28,32)/b23-16-,26-17+. The van der Waals surface area contributed by atoms with Crippen molar-refractivity contribution in [3.63, 3.8) is 0 Å². The van der Waals surface area contributed by atoms with Crippen molar-refractivity contribution in [1.82, 2.24) is 10.7 Å². The molecule has 8 heteroatoms. The summed E-state index contributed by atoms with van der Waals surface area (Å²) in [5.74, 6) is -1.05. The van der Waals surface area contributed by atoms with Crippen LogP contribution in [0, 0.1) is 4.91 Å². The molecule has 0 aromatic heterocycles. The number of nitrogens with zero attached hydrogens (tertiary/aromatic N) is 3. The Morgan fingerprint density at radius 3 is 2.21 bits per heavy atom. The van der Waals surface area contributed by atoms with Crippen molar-refractivity contribution in [2.75, 3.05) is 19.0 Å². The van der Waals surface area contributed by atoms with Gasteiger partial charge in [-0.05, 0) is 47.1 Å². The summed E-state index contributed by atoms with van der Waals surface area (Å²) in [5.41, 5.74) is 5.18. The van der Waals surface area contributed by atoms with E-state index in [9.17, 15) is 14.5 Å². The molecule has 33 heavy (non-hydrogen) atoms. The molecule has 8 nitrogen and oxygen atoms in total. The normalized spacial score (nSPS) is 11.2. The summed E-state index contributed by atoms with van der Waals surface area (Å²) in [5, 5.41) is 9.48. The lowest BCUT2D eigenvalue weighted by atomic mass is 10.1. The molecule has 0 unspecified atom stereocenters. The minimum atomic E-state index is -0.622. The summed E-state index contributed by atoms with van der Waals surface area (Å²) in [6, 6.07) is 22.6. The van der Waals surface area contributed by atoms with Crippen LogP contribution in [0.15, 0.2) is 94.8 Å². The zero-order chi connectivity index (χ0) is 23.6. The first-order valence-electron chi connectivity index (χ1n) is 10.1. The van der Waals surface area contributed by atoms with Gasteiger partial charge < -0.3 is 10.2 Å². The first-order valence-corrected chi connectivity index (χ1v) is 10.1. The number of nitrogens with one attached hydrogen (secondary N) is 2. The van der Waals surface area contributed by atoms with Crippen LogP contribution in [-0.4, -0.2) is 32.1 Å². The number of rotatable bonds is 8. The zero-order valence-electron chi connectivity index (χ0n) is 18.2. The van der Waals surface area contributed by atoms with Gasteiger partial charge in [-0.15, -0.1) is 4.91 Å². The first-order chi connectivity index (χ1) is 16.0. The number of amides is 2. The van der Waals surface area contributed by atoms with Crippen molar-refractivity contribution in [2.24, 2.45) is 10.3 Å². The molecule has 2 amide bonds. The number of hydrogen-bond donors (Lipinski definition) is 2. The van der Waals surface area contributed by atoms with Crippen LogP contribution in [-0.2, 0) is 4.79 Å². The molecular formula is C25H23N5O3. The quantitative estimate of drug-likeness (QED) is 0.238. The minimum Gasteiger partial charge on any atom is -0.378 e. The summed E-state index contributed by atoms with van der Waals surface area (Å²) in [7, 11) is 3.86. The Hall–Kier alpha value is -4.59. The van der Waals surface area contributed by atoms with E-state index in [-0.39, 0.29) is 11.4 Å². The van der Waals surface area contributed by atoms with Crippen molar-refractivity contribution in [1.29, 1.82) is 0 Å². The Labute approximate surface area is 191 Å². The van der Waals surface area contributed by atoms with Gasteiger partial charge in [0.1, 0.15) is 11.4 Å². The van der Waals surface area contributed by atoms with Gasteiger partial charge in [-0.3, -0.25) is 9.59 Å². The van der Waals surface area contributed by atoms with E-state index in [1.165, 1.54) is 6.21 Å². The van der Waals surface area contributed by atoms with Crippen LogP contribution in [0.4, 0.5) is 11.4 Å². The molecule has 166 valence electrons. The second-order valence-corrected chi connectivity index (χ2v) is 7.21. The van der Waals surface area contributed by atoms with Gasteiger partial charge in [0.05, 0.1) is 6.21 Å². The highest BCUT2D eigenvalue weighted by Crippen LogP contribution is 2.16. The van der Waals surface area contributed by atoms with E-state index in [1.807, 2.05) is 43.3 Å². The molecule has 0 radical (unpaired) electrons. The number of nitroso groups, excluding NO2 is 1. The van der Waals surface area contributed by atoms with Gasteiger partial charge in [0.25, 0.3) is 11.8 Å². The molecule has 3 aromatic rings. The maximum absolute atomic E-state index is 12.8. The monoisotopic (exact) mass is 441 g/mol. The Kier molecular flexibility index (Phi) is 7.80. The highest BCUT2D eigenvalue weighted by Gasteiger charge is 2.14. The van der Waals surface area contributed by atoms with E-state index in [0.29, 0.717) is 11.1 Å². The number of hydrogen-bond acceptors (Lipinski definition) is 6. The zero-order valence-corrected chi connectivity index (χ0v) is 18.2. The van der Waals surface area contributed by atoms with E-state index in [4.69, 9.17) is 0 Å². The van der Waals surface area contributed by atoms with Crippen LogP contribution >= 0.6 is 0 Å². The second-order valence-electron chi connectivity index (χ2n) is 7.21. The van der Waals surface area contributed by atoms with Crippen molar-refractivity contribution < 1.29 is 9.59 Å². The fraction of sp³-hybridized carbons (Fsp3) is 0.0800. The maximum atomic E-state index is 12.8. The van der Waals surface area contributed by atoms with Crippen LogP contribution in [0.3, 0.4) is 0 Å². The van der Waals surface area contributed by atoms with Crippen LogP contribution < -0.4 is 15.6 Å². The van der Waals surface area contributed by atoms with Crippen molar-refractivity contribution >= 4 is 35.5 Å². The molecule has 0 heterocycles. The lowest BCUT2D eigenvalue weighted by Gasteiger charge is -2.12. The molecule has 0 aliphatic rings. The highest BCUT2D eigenvalue weighted by atomic mass is 16.3. The topological polar surface area (TPSA) is 103 Å². The van der Waals surface area contributed by atoms with Crippen LogP contribution in [0.2, 0.25) is 0 Å². The number of hydrazone groups is 1. The van der Waals surface area contributed by atoms with Crippen molar-refractivity contribution in [3.8, 4) is 0 Å². The van der Waals surface area contributed by atoms with E-state index in [1.54, 1.807) is 60.7 Å². The molecule has 0 bridgehead atoms. The van der Waals surface area contributed by atoms with Crippen LogP contribution in [0.5, 0.6) is 0 Å². The number of carbonyl (C=O) groups is 2. The molecule has 3 rings (SSSR count). The van der Waals surface area contributed by atoms with Gasteiger partial charge in [0.15, 0.2) is 0 Å². The number of benzene rings is 3. The summed E-state index contributed by atoms with van der Waals surface area (Å²) < 4.78 is 0. The van der Waals surface area contributed by atoms with Gasteiger partial charge in [-0.25, -0.2) is 5.43 Å². The third-order valence-corrected chi connectivity index (χ3v) is 4.65. The predicted molar refractivity (Wildman–Crippen MR) is 130 cm³/mol. The van der Waals surface area contributed by atoms with Crippen molar-refractivity contribution in [3.05, 3.63) is 106 Å².